The Bertz CT molecular complexity index is 466. The zero-order chi connectivity index (χ0) is 12.8. The molecule has 0 spiro atoms. The Morgan fingerprint density at radius 3 is 2.65 bits per heavy atom. The van der Waals surface area contributed by atoms with Gasteiger partial charge in [-0.2, -0.15) is 0 Å². The monoisotopic (exact) mass is 235 g/mol. The summed E-state index contributed by atoms with van der Waals surface area (Å²) in [4.78, 5) is 21.4. The zero-order valence-corrected chi connectivity index (χ0v) is 9.56. The molecule has 0 fully saturated rings. The predicted octanol–water partition coefficient (Wildman–Crippen LogP) is 1.75. The first-order valence-corrected chi connectivity index (χ1v) is 4.89. The van der Waals surface area contributed by atoms with Crippen LogP contribution in [-0.2, 0) is 9.59 Å². The molecular weight excluding hydrogens is 222 g/mol. The predicted molar refractivity (Wildman–Crippen MR) is 64.0 cm³/mol. The van der Waals surface area contributed by atoms with Crippen molar-refractivity contribution in [3.05, 3.63) is 29.8 Å². The Morgan fingerprint density at radius 1 is 1.41 bits per heavy atom. The van der Waals surface area contributed by atoms with Crippen molar-refractivity contribution in [2.24, 2.45) is 0 Å². The number of ether oxygens (including phenoxy) is 1. The van der Waals surface area contributed by atoms with Gasteiger partial charge in [0.2, 0.25) is 5.91 Å². The molecule has 0 heterocycles. The normalized spacial score (nSPS) is 10.2. The van der Waals surface area contributed by atoms with Crippen LogP contribution in [0.25, 0.3) is 6.08 Å². The average Bonchev–Trinajstić information content (AvgIpc) is 2.25. The van der Waals surface area contributed by atoms with Gasteiger partial charge in [-0.3, -0.25) is 4.79 Å². The third-order valence-corrected chi connectivity index (χ3v) is 1.95. The molecule has 0 aliphatic rings. The summed E-state index contributed by atoms with van der Waals surface area (Å²) in [5.41, 5.74) is 1.17. The van der Waals surface area contributed by atoms with Gasteiger partial charge in [-0.1, -0.05) is 6.07 Å². The average molecular weight is 235 g/mol. The molecule has 1 rings (SSSR count). The summed E-state index contributed by atoms with van der Waals surface area (Å²) in [6.45, 7) is 1.39. The number of methoxy groups -OCH3 is 1. The molecule has 1 aromatic rings. The van der Waals surface area contributed by atoms with E-state index in [1.807, 2.05) is 0 Å². The third-order valence-electron chi connectivity index (χ3n) is 1.95. The number of anilines is 1. The highest BCUT2D eigenvalue weighted by atomic mass is 16.5. The number of amides is 1. The second-order valence-electron chi connectivity index (χ2n) is 3.31. The van der Waals surface area contributed by atoms with Crippen molar-refractivity contribution in [2.75, 3.05) is 12.4 Å². The Morgan fingerprint density at radius 2 is 2.12 bits per heavy atom. The second kappa shape index (κ2) is 5.69. The van der Waals surface area contributed by atoms with E-state index in [-0.39, 0.29) is 5.91 Å². The second-order valence-corrected chi connectivity index (χ2v) is 3.31. The quantitative estimate of drug-likeness (QED) is 0.779. The molecule has 0 bridgehead atoms. The Hall–Kier alpha value is -2.30. The maximum atomic E-state index is 11.0. The summed E-state index contributed by atoms with van der Waals surface area (Å²) in [6.07, 6.45) is 2.46. The lowest BCUT2D eigenvalue weighted by atomic mass is 10.1. The summed E-state index contributed by atoms with van der Waals surface area (Å²) in [5.74, 6) is -0.725. The van der Waals surface area contributed by atoms with Gasteiger partial charge in [-0.15, -0.1) is 0 Å². The summed E-state index contributed by atoms with van der Waals surface area (Å²) < 4.78 is 5.07. The van der Waals surface area contributed by atoms with Crippen LogP contribution in [0.3, 0.4) is 0 Å². The minimum atomic E-state index is -1.03. The minimum absolute atomic E-state index is 0.220. The maximum absolute atomic E-state index is 11.0. The number of carbonyl (C=O) groups is 2. The lowest BCUT2D eigenvalue weighted by molar-refractivity contribution is -0.131. The molecule has 0 saturated carbocycles. The maximum Gasteiger partial charge on any atom is 0.328 e. The number of carboxylic acids is 1. The first-order valence-electron chi connectivity index (χ1n) is 4.89. The molecule has 2 N–H and O–H groups in total. The smallest absolute Gasteiger partial charge is 0.328 e. The minimum Gasteiger partial charge on any atom is -0.495 e. The zero-order valence-electron chi connectivity index (χ0n) is 9.56. The molecule has 90 valence electrons. The van der Waals surface area contributed by atoms with E-state index in [2.05, 4.69) is 5.32 Å². The largest absolute Gasteiger partial charge is 0.495 e. The number of hydrogen-bond acceptors (Lipinski definition) is 3. The van der Waals surface area contributed by atoms with Crippen LogP contribution in [0.4, 0.5) is 5.69 Å². The summed E-state index contributed by atoms with van der Waals surface area (Å²) in [7, 11) is 1.49. The van der Waals surface area contributed by atoms with E-state index < -0.39 is 5.97 Å². The third kappa shape index (κ3) is 3.98. The number of benzene rings is 1. The van der Waals surface area contributed by atoms with E-state index in [1.54, 1.807) is 18.2 Å². The fourth-order valence-electron chi connectivity index (χ4n) is 1.28. The van der Waals surface area contributed by atoms with Crippen molar-refractivity contribution >= 4 is 23.6 Å². The number of carboxylic acid groups (broad SMARTS) is 1. The van der Waals surface area contributed by atoms with Crippen molar-refractivity contribution in [1.82, 2.24) is 0 Å². The lowest BCUT2D eigenvalue weighted by Gasteiger charge is -2.09. The Kier molecular flexibility index (Phi) is 4.28. The molecule has 0 aliphatic carbocycles. The molecule has 0 unspecified atom stereocenters. The van der Waals surface area contributed by atoms with Crippen LogP contribution in [0.5, 0.6) is 5.75 Å². The van der Waals surface area contributed by atoms with E-state index in [4.69, 9.17) is 9.84 Å². The fraction of sp³-hybridized carbons (Fsp3) is 0.167. The van der Waals surface area contributed by atoms with Gasteiger partial charge in [0, 0.05) is 13.0 Å². The van der Waals surface area contributed by atoms with Crippen molar-refractivity contribution in [1.29, 1.82) is 0 Å². The van der Waals surface area contributed by atoms with Gasteiger partial charge in [0.1, 0.15) is 5.75 Å². The van der Waals surface area contributed by atoms with E-state index in [9.17, 15) is 9.59 Å². The standard InChI is InChI=1S/C12H13NO4/c1-8(14)13-10-7-9(4-6-12(15)16)3-5-11(10)17-2/h3-7H,1-2H3,(H,13,14)(H,15,16). The highest BCUT2D eigenvalue weighted by Gasteiger charge is 2.04. The molecule has 17 heavy (non-hydrogen) atoms. The van der Waals surface area contributed by atoms with Gasteiger partial charge in [0.05, 0.1) is 12.8 Å². The van der Waals surface area contributed by atoms with Crippen LogP contribution < -0.4 is 10.1 Å². The molecule has 1 aromatic carbocycles. The summed E-state index contributed by atoms with van der Waals surface area (Å²) in [6, 6.07) is 5.00. The van der Waals surface area contributed by atoms with Gasteiger partial charge in [0.25, 0.3) is 0 Å². The van der Waals surface area contributed by atoms with Crippen molar-refractivity contribution in [3.63, 3.8) is 0 Å². The van der Waals surface area contributed by atoms with Crippen LogP contribution >= 0.6 is 0 Å². The highest BCUT2D eigenvalue weighted by Crippen LogP contribution is 2.25. The highest BCUT2D eigenvalue weighted by molar-refractivity contribution is 5.91. The van der Waals surface area contributed by atoms with E-state index >= 15 is 0 Å². The van der Waals surface area contributed by atoms with Crippen LogP contribution in [0, 0.1) is 0 Å². The van der Waals surface area contributed by atoms with Gasteiger partial charge in [-0.25, -0.2) is 4.79 Å². The van der Waals surface area contributed by atoms with Crippen LogP contribution in [0.1, 0.15) is 12.5 Å². The van der Waals surface area contributed by atoms with Crippen molar-refractivity contribution in [2.45, 2.75) is 6.92 Å². The SMILES string of the molecule is COc1ccc(C=CC(=O)O)cc1NC(C)=O. The van der Waals surface area contributed by atoms with Crippen LogP contribution in [0.15, 0.2) is 24.3 Å². The number of rotatable bonds is 4. The van der Waals surface area contributed by atoms with Gasteiger partial charge < -0.3 is 15.2 Å². The van der Waals surface area contributed by atoms with E-state index in [1.165, 1.54) is 20.1 Å². The molecule has 0 aliphatic heterocycles. The first-order chi connectivity index (χ1) is 8.02. The Balaban J connectivity index is 3.03. The topological polar surface area (TPSA) is 75.6 Å². The van der Waals surface area contributed by atoms with E-state index in [0.717, 1.165) is 6.08 Å². The number of nitrogens with one attached hydrogen (secondary N) is 1. The van der Waals surface area contributed by atoms with E-state index in [0.29, 0.717) is 17.0 Å². The molecule has 0 atom stereocenters. The van der Waals surface area contributed by atoms with Gasteiger partial charge >= 0.3 is 5.97 Å². The van der Waals surface area contributed by atoms with Crippen LogP contribution in [0.2, 0.25) is 0 Å². The number of aliphatic carboxylic acids is 1. The van der Waals surface area contributed by atoms with Crippen molar-refractivity contribution in [3.8, 4) is 5.75 Å². The molecule has 5 nitrogen and oxygen atoms in total. The number of hydrogen-bond donors (Lipinski definition) is 2. The lowest BCUT2D eigenvalue weighted by Crippen LogP contribution is -2.07. The first kappa shape index (κ1) is 12.8. The summed E-state index contributed by atoms with van der Waals surface area (Å²) >= 11 is 0. The number of carbonyl (C=O) groups excluding carboxylic acids is 1. The molecular formula is C12H13NO4. The molecule has 1 amide bonds. The summed E-state index contributed by atoms with van der Waals surface area (Å²) in [5, 5.41) is 11.1. The van der Waals surface area contributed by atoms with Gasteiger partial charge in [0.15, 0.2) is 0 Å². The molecule has 5 heteroatoms. The van der Waals surface area contributed by atoms with Crippen molar-refractivity contribution < 1.29 is 19.4 Å². The molecule has 0 saturated heterocycles. The fourth-order valence-corrected chi connectivity index (χ4v) is 1.28. The van der Waals surface area contributed by atoms with Crippen LogP contribution in [-0.4, -0.2) is 24.1 Å². The molecule has 0 aromatic heterocycles. The Labute approximate surface area is 98.7 Å². The van der Waals surface area contributed by atoms with Gasteiger partial charge in [-0.05, 0) is 23.8 Å². The molecule has 0 radical (unpaired) electrons.